The number of fused-ring (bicyclic) bond motifs is 1. The molecule has 1 N–H and O–H groups in total. The van der Waals surface area contributed by atoms with Gasteiger partial charge in [-0.1, -0.05) is 0 Å². The zero-order chi connectivity index (χ0) is 19.5. The molecule has 0 aliphatic carbocycles. The number of anilines is 1. The fraction of sp³-hybridized carbons (Fsp3) is 0.550. The number of rotatable bonds is 5. The molecule has 2 aromatic rings. The summed E-state index contributed by atoms with van der Waals surface area (Å²) in [4.78, 5) is 24.2. The minimum absolute atomic E-state index is 0.0113. The van der Waals surface area contributed by atoms with Crippen molar-refractivity contribution in [1.82, 2.24) is 15.3 Å². The van der Waals surface area contributed by atoms with E-state index >= 15 is 0 Å². The van der Waals surface area contributed by atoms with Crippen molar-refractivity contribution in [2.45, 2.75) is 31.9 Å². The van der Waals surface area contributed by atoms with Crippen LogP contribution in [0.3, 0.4) is 0 Å². The number of benzene rings is 1. The highest BCUT2D eigenvalue weighted by Gasteiger charge is 2.33. The van der Waals surface area contributed by atoms with Crippen LogP contribution in [-0.4, -0.2) is 68.0 Å². The summed E-state index contributed by atoms with van der Waals surface area (Å²) in [5, 5.41) is 3.96. The second-order valence-corrected chi connectivity index (χ2v) is 7.16. The first-order valence-corrected chi connectivity index (χ1v) is 9.72. The Morgan fingerprint density at radius 3 is 3.04 bits per heavy atom. The highest BCUT2D eigenvalue weighted by molar-refractivity contribution is 5.87. The normalized spacial score (nSPS) is 22.4. The molecular weight excluding hydrogens is 360 g/mol. The largest absolute Gasteiger partial charge is 0.497 e. The number of aromatic nitrogens is 2. The minimum atomic E-state index is -0.264. The van der Waals surface area contributed by atoms with Gasteiger partial charge in [0.15, 0.2) is 0 Å². The Kier molecular flexibility index (Phi) is 5.59. The van der Waals surface area contributed by atoms with Crippen LogP contribution < -0.4 is 15.0 Å². The molecule has 0 radical (unpaired) electrons. The molecule has 4 rings (SSSR count). The van der Waals surface area contributed by atoms with Crippen LogP contribution >= 0.6 is 0 Å². The van der Waals surface area contributed by atoms with Crippen molar-refractivity contribution in [2.75, 3.05) is 44.9 Å². The van der Waals surface area contributed by atoms with Crippen molar-refractivity contribution < 1.29 is 19.0 Å². The lowest BCUT2D eigenvalue weighted by Crippen LogP contribution is -2.47. The van der Waals surface area contributed by atoms with Crippen LogP contribution in [0.1, 0.15) is 18.5 Å². The fourth-order valence-corrected chi connectivity index (χ4v) is 3.77. The number of methoxy groups -OCH3 is 1. The van der Waals surface area contributed by atoms with E-state index in [-0.39, 0.29) is 18.1 Å². The Morgan fingerprint density at radius 2 is 2.25 bits per heavy atom. The predicted octanol–water partition coefficient (Wildman–Crippen LogP) is 1.45. The third-order valence-electron chi connectivity index (χ3n) is 5.28. The number of nitrogens with one attached hydrogen (secondary N) is 1. The molecule has 2 saturated heterocycles. The van der Waals surface area contributed by atoms with E-state index in [9.17, 15) is 4.79 Å². The molecule has 2 aliphatic rings. The molecule has 1 aromatic heterocycles. The molecule has 1 aromatic carbocycles. The topological polar surface area (TPSA) is 85.8 Å². The highest BCUT2D eigenvalue weighted by Crippen LogP contribution is 2.27. The van der Waals surface area contributed by atoms with Crippen LogP contribution in [0.2, 0.25) is 0 Å². The number of hydrogen-bond donors (Lipinski definition) is 1. The van der Waals surface area contributed by atoms with Crippen molar-refractivity contribution >= 4 is 22.8 Å². The van der Waals surface area contributed by atoms with Crippen LogP contribution in [0.15, 0.2) is 18.2 Å². The van der Waals surface area contributed by atoms with Crippen LogP contribution in [0, 0.1) is 6.92 Å². The summed E-state index contributed by atoms with van der Waals surface area (Å²) < 4.78 is 16.3. The number of nitrogens with zero attached hydrogens (tertiary/aromatic N) is 3. The number of aryl methyl sites for hydroxylation is 1. The summed E-state index contributed by atoms with van der Waals surface area (Å²) in [5.74, 6) is 1.37. The Labute approximate surface area is 164 Å². The van der Waals surface area contributed by atoms with Crippen molar-refractivity contribution in [3.8, 4) is 5.75 Å². The monoisotopic (exact) mass is 386 g/mol. The lowest BCUT2D eigenvalue weighted by molar-refractivity contribution is -0.125. The number of ether oxygens (including phenoxy) is 3. The van der Waals surface area contributed by atoms with Gasteiger partial charge in [0.05, 0.1) is 44.2 Å². The average Bonchev–Trinajstić information content (AvgIpc) is 3.22. The molecule has 8 heteroatoms. The second-order valence-electron chi connectivity index (χ2n) is 7.16. The molecule has 2 unspecified atom stereocenters. The SMILES string of the molecule is COc1ccc2nc(N3CCCC3C(=O)NCC3COCCO3)nc(C)c2c1. The van der Waals surface area contributed by atoms with E-state index in [0.29, 0.717) is 32.3 Å². The molecule has 0 spiro atoms. The molecule has 3 heterocycles. The van der Waals surface area contributed by atoms with Crippen molar-refractivity contribution in [2.24, 2.45) is 0 Å². The summed E-state index contributed by atoms with van der Waals surface area (Å²) in [6, 6.07) is 5.49. The van der Waals surface area contributed by atoms with Crippen LogP contribution in [0.5, 0.6) is 5.75 Å². The molecule has 0 bridgehead atoms. The lowest BCUT2D eigenvalue weighted by atomic mass is 10.2. The van der Waals surface area contributed by atoms with Crippen molar-refractivity contribution in [3.05, 3.63) is 23.9 Å². The molecule has 2 fully saturated rings. The Morgan fingerprint density at radius 1 is 1.36 bits per heavy atom. The number of carbonyl (C=O) groups is 1. The zero-order valence-electron chi connectivity index (χ0n) is 16.3. The average molecular weight is 386 g/mol. The maximum atomic E-state index is 12.8. The van der Waals surface area contributed by atoms with E-state index < -0.39 is 0 Å². The molecule has 28 heavy (non-hydrogen) atoms. The second kappa shape index (κ2) is 8.28. The standard InChI is InChI=1S/C20H26N4O4/c1-13-16-10-14(26-2)5-6-17(16)23-20(22-13)24-7-3-4-18(24)19(25)21-11-15-12-27-8-9-28-15/h5-6,10,15,18H,3-4,7-9,11-12H2,1-2H3,(H,21,25). The Bertz CT molecular complexity index is 853. The van der Waals surface area contributed by atoms with Crippen LogP contribution in [0.4, 0.5) is 5.95 Å². The van der Waals surface area contributed by atoms with E-state index in [1.54, 1.807) is 7.11 Å². The zero-order valence-corrected chi connectivity index (χ0v) is 16.3. The first-order valence-electron chi connectivity index (χ1n) is 9.72. The first-order chi connectivity index (χ1) is 13.7. The fourth-order valence-electron chi connectivity index (χ4n) is 3.77. The van der Waals surface area contributed by atoms with E-state index in [1.165, 1.54) is 0 Å². The molecule has 150 valence electrons. The van der Waals surface area contributed by atoms with Crippen molar-refractivity contribution in [3.63, 3.8) is 0 Å². The number of amides is 1. The Hall–Kier alpha value is -2.45. The van der Waals surface area contributed by atoms with Gasteiger partial charge in [0.25, 0.3) is 0 Å². The summed E-state index contributed by atoms with van der Waals surface area (Å²) in [6.07, 6.45) is 1.64. The molecule has 2 atom stereocenters. The smallest absolute Gasteiger partial charge is 0.242 e. The quantitative estimate of drug-likeness (QED) is 0.832. The van der Waals surface area contributed by atoms with Gasteiger partial charge in [0, 0.05) is 18.5 Å². The van der Waals surface area contributed by atoms with Crippen LogP contribution in [-0.2, 0) is 14.3 Å². The first kappa shape index (κ1) is 18.9. The Balaban J connectivity index is 1.50. The number of hydrogen-bond acceptors (Lipinski definition) is 7. The van der Waals surface area contributed by atoms with Gasteiger partial charge in [0.1, 0.15) is 11.8 Å². The summed E-state index contributed by atoms with van der Waals surface area (Å²) in [5.41, 5.74) is 1.72. The van der Waals surface area contributed by atoms with Gasteiger partial charge in [-0.3, -0.25) is 4.79 Å². The molecule has 0 saturated carbocycles. The highest BCUT2D eigenvalue weighted by atomic mass is 16.6. The van der Waals surface area contributed by atoms with Gasteiger partial charge in [-0.2, -0.15) is 0 Å². The molecule has 2 aliphatic heterocycles. The third kappa shape index (κ3) is 3.88. The van der Waals surface area contributed by atoms with E-state index in [0.717, 1.165) is 41.7 Å². The molecule has 1 amide bonds. The van der Waals surface area contributed by atoms with Gasteiger partial charge >= 0.3 is 0 Å². The van der Waals surface area contributed by atoms with E-state index in [1.807, 2.05) is 30.0 Å². The van der Waals surface area contributed by atoms with Gasteiger partial charge in [-0.15, -0.1) is 0 Å². The summed E-state index contributed by atoms with van der Waals surface area (Å²) in [7, 11) is 1.64. The van der Waals surface area contributed by atoms with Gasteiger partial charge in [-0.25, -0.2) is 9.97 Å². The minimum Gasteiger partial charge on any atom is -0.497 e. The van der Waals surface area contributed by atoms with E-state index in [2.05, 4.69) is 10.3 Å². The maximum absolute atomic E-state index is 12.8. The molecule has 8 nitrogen and oxygen atoms in total. The molecular formula is C20H26N4O4. The van der Waals surface area contributed by atoms with Gasteiger partial charge in [-0.05, 0) is 38.0 Å². The summed E-state index contributed by atoms with van der Waals surface area (Å²) in [6.45, 7) is 4.89. The summed E-state index contributed by atoms with van der Waals surface area (Å²) >= 11 is 0. The number of carbonyl (C=O) groups excluding carboxylic acids is 1. The lowest BCUT2D eigenvalue weighted by Gasteiger charge is -2.27. The van der Waals surface area contributed by atoms with Gasteiger partial charge in [0.2, 0.25) is 11.9 Å². The van der Waals surface area contributed by atoms with E-state index in [4.69, 9.17) is 19.2 Å². The third-order valence-corrected chi connectivity index (χ3v) is 5.28. The van der Waals surface area contributed by atoms with Crippen LogP contribution in [0.25, 0.3) is 10.9 Å². The maximum Gasteiger partial charge on any atom is 0.242 e. The van der Waals surface area contributed by atoms with Crippen molar-refractivity contribution in [1.29, 1.82) is 0 Å². The van der Waals surface area contributed by atoms with Gasteiger partial charge < -0.3 is 24.4 Å². The predicted molar refractivity (Wildman–Crippen MR) is 105 cm³/mol.